The highest BCUT2D eigenvalue weighted by Gasteiger charge is 2.24. The maximum absolute atomic E-state index is 12.5. The molecule has 26 heavy (non-hydrogen) atoms. The highest BCUT2D eigenvalue weighted by molar-refractivity contribution is 6.32. The standard InChI is InChI=1S/C19H16ClNO5/c1-11(18(22)14-6-5-12-3-2-4-13(12)9-14)26-19(23)15-7-8-16(20)17(10-15)21(24)25/h5-11H,2-4H2,1H3/t11-/m0/s1. The van der Waals surface area contributed by atoms with Gasteiger partial charge in [-0.2, -0.15) is 0 Å². The van der Waals surface area contributed by atoms with E-state index in [2.05, 4.69) is 0 Å². The van der Waals surface area contributed by atoms with Gasteiger partial charge in [-0.1, -0.05) is 23.7 Å². The first-order chi connectivity index (χ1) is 12.4. The lowest BCUT2D eigenvalue weighted by Crippen LogP contribution is -2.24. The number of rotatable bonds is 5. The number of carbonyl (C=O) groups is 2. The molecule has 0 saturated carbocycles. The monoisotopic (exact) mass is 373 g/mol. The van der Waals surface area contributed by atoms with Crippen LogP contribution in [0.1, 0.15) is 45.2 Å². The van der Waals surface area contributed by atoms with Crippen LogP contribution in [0.4, 0.5) is 5.69 Å². The van der Waals surface area contributed by atoms with Crippen LogP contribution in [-0.2, 0) is 17.6 Å². The van der Waals surface area contributed by atoms with Crippen molar-refractivity contribution in [2.75, 3.05) is 0 Å². The average molecular weight is 374 g/mol. The van der Waals surface area contributed by atoms with Gasteiger partial charge in [-0.3, -0.25) is 14.9 Å². The first kappa shape index (κ1) is 18.1. The lowest BCUT2D eigenvalue weighted by Gasteiger charge is -2.13. The summed E-state index contributed by atoms with van der Waals surface area (Å²) in [5, 5.41) is 10.8. The number of carbonyl (C=O) groups excluding carboxylic acids is 2. The second-order valence-corrected chi connectivity index (χ2v) is 6.58. The number of nitro groups is 1. The normalized spacial score (nSPS) is 13.8. The van der Waals surface area contributed by atoms with Gasteiger partial charge in [-0.05, 0) is 55.5 Å². The van der Waals surface area contributed by atoms with Crippen molar-refractivity contribution >= 4 is 29.0 Å². The van der Waals surface area contributed by atoms with Crippen LogP contribution in [0.25, 0.3) is 0 Å². The van der Waals surface area contributed by atoms with Crippen LogP contribution in [0.2, 0.25) is 5.02 Å². The summed E-state index contributed by atoms with van der Waals surface area (Å²) in [6.07, 6.45) is 2.03. The van der Waals surface area contributed by atoms with E-state index in [1.165, 1.54) is 24.6 Å². The van der Waals surface area contributed by atoms with Crippen LogP contribution in [0.5, 0.6) is 0 Å². The summed E-state index contributed by atoms with van der Waals surface area (Å²) < 4.78 is 5.19. The van der Waals surface area contributed by atoms with Gasteiger partial charge < -0.3 is 4.74 Å². The Morgan fingerprint density at radius 2 is 1.81 bits per heavy atom. The molecule has 1 atom stereocenters. The molecule has 0 heterocycles. The summed E-state index contributed by atoms with van der Waals surface area (Å²) in [5.74, 6) is -1.12. The largest absolute Gasteiger partial charge is 0.451 e. The van der Waals surface area contributed by atoms with Crippen molar-refractivity contribution in [2.45, 2.75) is 32.3 Å². The number of hydrogen-bond donors (Lipinski definition) is 0. The fourth-order valence-electron chi connectivity index (χ4n) is 3.02. The third kappa shape index (κ3) is 3.60. The number of esters is 1. The number of halogens is 1. The number of ether oxygens (including phenoxy) is 1. The van der Waals surface area contributed by atoms with Gasteiger partial charge in [0.1, 0.15) is 5.02 Å². The van der Waals surface area contributed by atoms with Crippen LogP contribution in [0.3, 0.4) is 0 Å². The molecule has 0 spiro atoms. The number of Topliss-reactive ketones (excluding diaryl/α,β-unsaturated/α-hetero) is 1. The Bertz CT molecular complexity index is 909. The number of ketones is 1. The average Bonchev–Trinajstić information content (AvgIpc) is 3.08. The van der Waals surface area contributed by atoms with Gasteiger partial charge in [0.05, 0.1) is 10.5 Å². The number of nitrogens with zero attached hydrogens (tertiary/aromatic N) is 1. The van der Waals surface area contributed by atoms with Gasteiger partial charge in [-0.25, -0.2) is 4.79 Å². The Labute approximate surface area is 154 Å². The minimum atomic E-state index is -1.00. The Morgan fingerprint density at radius 3 is 2.54 bits per heavy atom. The number of benzene rings is 2. The Hall–Kier alpha value is -2.73. The third-order valence-corrected chi connectivity index (χ3v) is 4.73. The minimum absolute atomic E-state index is 0.0327. The number of hydrogen-bond acceptors (Lipinski definition) is 5. The van der Waals surface area contributed by atoms with E-state index in [4.69, 9.17) is 16.3 Å². The van der Waals surface area contributed by atoms with Gasteiger partial charge in [0.25, 0.3) is 5.69 Å². The smallest absolute Gasteiger partial charge is 0.339 e. The third-order valence-electron chi connectivity index (χ3n) is 4.41. The Balaban J connectivity index is 1.74. The van der Waals surface area contributed by atoms with Crippen molar-refractivity contribution in [3.63, 3.8) is 0 Å². The molecule has 0 fully saturated rings. The van der Waals surface area contributed by atoms with Gasteiger partial charge >= 0.3 is 5.97 Å². The van der Waals surface area contributed by atoms with Crippen LogP contribution in [0.15, 0.2) is 36.4 Å². The summed E-state index contributed by atoms with van der Waals surface area (Å²) in [5.41, 5.74) is 2.48. The lowest BCUT2D eigenvalue weighted by molar-refractivity contribution is -0.384. The van der Waals surface area contributed by atoms with Crippen molar-refractivity contribution in [1.29, 1.82) is 0 Å². The lowest BCUT2D eigenvalue weighted by atomic mass is 10.0. The molecular weight excluding hydrogens is 358 g/mol. The summed E-state index contributed by atoms with van der Waals surface area (Å²) in [7, 11) is 0. The SMILES string of the molecule is C[C@H](OC(=O)c1ccc(Cl)c([N+](=O)[O-])c1)C(=O)c1ccc2c(c1)CCC2. The van der Waals surface area contributed by atoms with E-state index < -0.39 is 22.7 Å². The molecule has 0 aromatic heterocycles. The maximum Gasteiger partial charge on any atom is 0.339 e. The molecule has 1 aliphatic rings. The van der Waals surface area contributed by atoms with E-state index in [9.17, 15) is 19.7 Å². The van der Waals surface area contributed by atoms with E-state index in [1.54, 1.807) is 6.07 Å². The second-order valence-electron chi connectivity index (χ2n) is 6.17. The first-order valence-electron chi connectivity index (χ1n) is 8.18. The van der Waals surface area contributed by atoms with Crippen LogP contribution >= 0.6 is 11.6 Å². The molecule has 3 rings (SSSR count). The molecule has 0 N–H and O–H groups in total. The van der Waals surface area contributed by atoms with Gasteiger partial charge in [-0.15, -0.1) is 0 Å². The predicted molar refractivity (Wildman–Crippen MR) is 95.8 cm³/mol. The Morgan fingerprint density at radius 1 is 1.12 bits per heavy atom. The van der Waals surface area contributed by atoms with Gasteiger partial charge in [0.2, 0.25) is 5.78 Å². The van der Waals surface area contributed by atoms with Crippen molar-refractivity contribution in [3.05, 3.63) is 73.8 Å². The van der Waals surface area contributed by atoms with Crippen LogP contribution in [0, 0.1) is 10.1 Å². The molecule has 134 valence electrons. The van der Waals surface area contributed by atoms with Crippen molar-refractivity contribution < 1.29 is 19.2 Å². The molecule has 1 aliphatic carbocycles. The zero-order valence-corrected chi connectivity index (χ0v) is 14.8. The van der Waals surface area contributed by atoms with Crippen LogP contribution in [-0.4, -0.2) is 22.8 Å². The second kappa shape index (κ2) is 7.25. The highest BCUT2D eigenvalue weighted by Crippen LogP contribution is 2.26. The molecule has 2 aromatic rings. The van der Waals surface area contributed by atoms with Gasteiger partial charge in [0, 0.05) is 11.6 Å². The van der Waals surface area contributed by atoms with Crippen molar-refractivity contribution in [2.24, 2.45) is 0 Å². The summed E-state index contributed by atoms with van der Waals surface area (Å²) in [4.78, 5) is 35.0. The van der Waals surface area contributed by atoms with Gasteiger partial charge in [0.15, 0.2) is 6.10 Å². The van der Waals surface area contributed by atoms with E-state index in [0.717, 1.165) is 30.9 Å². The molecule has 0 saturated heterocycles. The number of nitro benzene ring substituents is 1. The molecule has 0 amide bonds. The first-order valence-corrected chi connectivity index (χ1v) is 8.55. The highest BCUT2D eigenvalue weighted by atomic mass is 35.5. The van der Waals surface area contributed by atoms with E-state index >= 15 is 0 Å². The molecule has 7 heteroatoms. The molecule has 0 bridgehead atoms. The molecule has 6 nitrogen and oxygen atoms in total. The molecular formula is C19H16ClNO5. The van der Waals surface area contributed by atoms with Crippen molar-refractivity contribution in [1.82, 2.24) is 0 Å². The zero-order valence-electron chi connectivity index (χ0n) is 14.0. The summed E-state index contributed by atoms with van der Waals surface area (Å²) >= 11 is 5.73. The summed E-state index contributed by atoms with van der Waals surface area (Å²) in [6, 6.07) is 9.14. The molecule has 0 unspecified atom stereocenters. The predicted octanol–water partition coefficient (Wildman–Crippen LogP) is 4.17. The fraction of sp³-hybridized carbons (Fsp3) is 0.263. The molecule has 0 aliphatic heterocycles. The topological polar surface area (TPSA) is 86.5 Å². The molecule has 0 radical (unpaired) electrons. The fourth-order valence-corrected chi connectivity index (χ4v) is 3.21. The maximum atomic E-state index is 12.5. The zero-order chi connectivity index (χ0) is 18.8. The quantitative estimate of drug-likeness (QED) is 0.340. The van der Waals surface area contributed by atoms with Crippen molar-refractivity contribution in [3.8, 4) is 0 Å². The minimum Gasteiger partial charge on any atom is -0.451 e. The number of fused-ring (bicyclic) bond motifs is 1. The van der Waals surface area contributed by atoms with E-state index in [0.29, 0.717) is 5.56 Å². The van der Waals surface area contributed by atoms with E-state index in [-0.39, 0.29) is 16.4 Å². The Kier molecular flexibility index (Phi) is 5.04. The van der Waals surface area contributed by atoms with E-state index in [1.807, 2.05) is 12.1 Å². The number of aryl methyl sites for hydroxylation is 2. The van der Waals surface area contributed by atoms with Crippen LogP contribution < -0.4 is 0 Å². The summed E-state index contributed by atoms with van der Waals surface area (Å²) in [6.45, 7) is 1.48. The molecule has 2 aromatic carbocycles.